The zero-order chi connectivity index (χ0) is 11.8. The summed E-state index contributed by atoms with van der Waals surface area (Å²) in [4.78, 5) is 10.3. The molecular formula is C11H13ClN2O2. The number of nitro groups is 1. The van der Waals surface area contributed by atoms with Crippen molar-refractivity contribution in [2.24, 2.45) is 0 Å². The average molecular weight is 241 g/mol. The van der Waals surface area contributed by atoms with E-state index >= 15 is 0 Å². The van der Waals surface area contributed by atoms with Gasteiger partial charge in [-0.25, -0.2) is 0 Å². The third kappa shape index (κ3) is 2.18. The van der Waals surface area contributed by atoms with Gasteiger partial charge >= 0.3 is 0 Å². The van der Waals surface area contributed by atoms with Crippen LogP contribution in [0.2, 0.25) is 5.02 Å². The predicted molar refractivity (Wildman–Crippen MR) is 62.8 cm³/mol. The van der Waals surface area contributed by atoms with Crippen molar-refractivity contribution in [1.82, 2.24) is 5.32 Å². The van der Waals surface area contributed by atoms with E-state index in [1.54, 1.807) is 12.1 Å². The lowest BCUT2D eigenvalue weighted by Gasteiger charge is -2.13. The van der Waals surface area contributed by atoms with Gasteiger partial charge in [0, 0.05) is 11.6 Å². The summed E-state index contributed by atoms with van der Waals surface area (Å²) in [6, 6.07) is 5.02. The number of nitrogens with one attached hydrogen (secondary N) is 1. The second kappa shape index (κ2) is 4.03. The number of hydrogen-bond donors (Lipinski definition) is 1. The minimum absolute atomic E-state index is 0.00827. The highest BCUT2D eigenvalue weighted by Gasteiger charge is 2.40. The Morgan fingerprint density at radius 3 is 2.75 bits per heavy atom. The number of benzene rings is 1. The first-order valence-electron chi connectivity index (χ1n) is 5.18. The summed E-state index contributed by atoms with van der Waals surface area (Å²) in [5.74, 6) is 0. The average Bonchev–Trinajstić information content (AvgIpc) is 3.01. The summed E-state index contributed by atoms with van der Waals surface area (Å²) in [5, 5.41) is 14.2. The fourth-order valence-electron chi connectivity index (χ4n) is 1.86. The van der Waals surface area contributed by atoms with Gasteiger partial charge in [-0.15, -0.1) is 0 Å². The Balaban J connectivity index is 2.23. The van der Waals surface area contributed by atoms with Crippen LogP contribution in [-0.4, -0.2) is 17.5 Å². The third-order valence-electron chi connectivity index (χ3n) is 3.13. The van der Waals surface area contributed by atoms with E-state index in [9.17, 15) is 10.1 Å². The van der Waals surface area contributed by atoms with Gasteiger partial charge in [-0.2, -0.15) is 0 Å². The molecule has 1 aliphatic carbocycles. The largest absolute Gasteiger partial charge is 0.314 e. The van der Waals surface area contributed by atoms with Crippen LogP contribution in [0.1, 0.15) is 18.4 Å². The molecule has 0 heterocycles. The third-order valence-corrected chi connectivity index (χ3v) is 3.45. The normalized spacial score (nSPS) is 17.1. The Morgan fingerprint density at radius 1 is 1.56 bits per heavy atom. The summed E-state index contributed by atoms with van der Waals surface area (Å²) < 4.78 is 0. The number of hydrogen-bond acceptors (Lipinski definition) is 3. The Morgan fingerprint density at radius 2 is 2.25 bits per heavy atom. The van der Waals surface area contributed by atoms with Crippen molar-refractivity contribution in [1.29, 1.82) is 0 Å². The summed E-state index contributed by atoms with van der Waals surface area (Å²) >= 11 is 5.75. The quantitative estimate of drug-likeness (QED) is 0.650. The van der Waals surface area contributed by atoms with Gasteiger partial charge in [0.25, 0.3) is 5.69 Å². The van der Waals surface area contributed by atoms with Crippen molar-refractivity contribution in [3.05, 3.63) is 38.9 Å². The molecule has 4 nitrogen and oxygen atoms in total. The number of likely N-dealkylation sites (N-methyl/N-ethyl adjacent to an activating group) is 1. The number of nitrogens with zero attached hydrogens (tertiary/aromatic N) is 1. The Labute approximate surface area is 98.8 Å². The first-order chi connectivity index (χ1) is 7.56. The first-order valence-corrected chi connectivity index (χ1v) is 5.56. The van der Waals surface area contributed by atoms with Crippen LogP contribution in [0, 0.1) is 10.1 Å². The van der Waals surface area contributed by atoms with E-state index in [0.717, 1.165) is 24.8 Å². The molecule has 86 valence electrons. The van der Waals surface area contributed by atoms with Crippen LogP contribution in [0.5, 0.6) is 0 Å². The predicted octanol–water partition coefficient (Wildman–Crippen LogP) is 2.54. The fraction of sp³-hybridized carbons (Fsp3) is 0.455. The second-order valence-corrected chi connectivity index (χ2v) is 4.66. The molecule has 2 rings (SSSR count). The molecule has 0 saturated heterocycles. The molecule has 1 aromatic rings. The van der Waals surface area contributed by atoms with E-state index in [1.165, 1.54) is 0 Å². The molecule has 16 heavy (non-hydrogen) atoms. The van der Waals surface area contributed by atoms with E-state index in [4.69, 9.17) is 11.6 Å². The summed E-state index contributed by atoms with van der Waals surface area (Å²) in [6.45, 7) is 0. The molecule has 5 heteroatoms. The van der Waals surface area contributed by atoms with E-state index in [-0.39, 0.29) is 16.2 Å². The van der Waals surface area contributed by atoms with E-state index in [2.05, 4.69) is 5.32 Å². The molecule has 0 atom stereocenters. The minimum Gasteiger partial charge on any atom is -0.314 e. The standard InChI is InChI=1S/C11H13ClN2O2/c1-13-11(4-5-11)7-8-2-3-9(12)10(6-8)14(15)16/h2-3,6,13H,4-5,7H2,1H3. The van der Waals surface area contributed by atoms with E-state index < -0.39 is 4.92 Å². The summed E-state index contributed by atoms with van der Waals surface area (Å²) in [5.41, 5.74) is 1.11. The zero-order valence-corrected chi connectivity index (χ0v) is 9.75. The first kappa shape index (κ1) is 11.4. The minimum atomic E-state index is -0.440. The Kier molecular flexibility index (Phi) is 2.86. The van der Waals surface area contributed by atoms with E-state index in [0.29, 0.717) is 0 Å². The number of rotatable bonds is 4. The molecule has 1 aliphatic rings. The van der Waals surface area contributed by atoms with E-state index in [1.807, 2.05) is 13.1 Å². The second-order valence-electron chi connectivity index (χ2n) is 4.25. The maximum Gasteiger partial charge on any atom is 0.288 e. The molecule has 0 unspecified atom stereocenters. The number of nitro benzene ring substituents is 1. The highest BCUT2D eigenvalue weighted by molar-refractivity contribution is 6.32. The lowest BCUT2D eigenvalue weighted by atomic mass is 10.0. The molecule has 1 N–H and O–H groups in total. The van der Waals surface area contributed by atoms with Gasteiger partial charge in [0.15, 0.2) is 0 Å². The highest BCUT2D eigenvalue weighted by atomic mass is 35.5. The topological polar surface area (TPSA) is 55.2 Å². The molecule has 1 fully saturated rings. The Bertz CT molecular complexity index is 430. The van der Waals surface area contributed by atoms with Crippen LogP contribution in [0.15, 0.2) is 18.2 Å². The molecule has 1 aromatic carbocycles. The van der Waals surface area contributed by atoms with Gasteiger partial charge in [-0.3, -0.25) is 10.1 Å². The summed E-state index contributed by atoms with van der Waals surface area (Å²) in [6.07, 6.45) is 3.07. The van der Waals surface area contributed by atoms with Crippen molar-refractivity contribution in [3.8, 4) is 0 Å². The smallest absolute Gasteiger partial charge is 0.288 e. The lowest BCUT2D eigenvalue weighted by molar-refractivity contribution is -0.384. The summed E-state index contributed by atoms with van der Waals surface area (Å²) in [7, 11) is 1.93. The molecule has 1 saturated carbocycles. The van der Waals surface area contributed by atoms with Crippen LogP contribution in [-0.2, 0) is 6.42 Å². The van der Waals surface area contributed by atoms with Crippen LogP contribution in [0.3, 0.4) is 0 Å². The highest BCUT2D eigenvalue weighted by Crippen LogP contribution is 2.39. The van der Waals surface area contributed by atoms with Gasteiger partial charge in [0.2, 0.25) is 0 Å². The Hall–Kier alpha value is -1.13. The van der Waals surface area contributed by atoms with Crippen LogP contribution in [0.25, 0.3) is 0 Å². The SMILES string of the molecule is CNC1(Cc2ccc(Cl)c([N+](=O)[O-])c2)CC1. The van der Waals surface area contributed by atoms with Gasteiger partial charge in [0.1, 0.15) is 5.02 Å². The van der Waals surface area contributed by atoms with Crippen molar-refractivity contribution in [2.45, 2.75) is 24.8 Å². The van der Waals surface area contributed by atoms with Gasteiger partial charge in [0.05, 0.1) is 4.92 Å². The van der Waals surface area contributed by atoms with Crippen molar-refractivity contribution in [3.63, 3.8) is 0 Å². The van der Waals surface area contributed by atoms with Crippen molar-refractivity contribution < 1.29 is 4.92 Å². The fourth-order valence-corrected chi connectivity index (χ4v) is 2.05. The number of halogens is 1. The van der Waals surface area contributed by atoms with Gasteiger partial charge < -0.3 is 5.32 Å². The molecular weight excluding hydrogens is 228 g/mol. The lowest BCUT2D eigenvalue weighted by Crippen LogP contribution is -2.29. The maximum absolute atomic E-state index is 10.7. The van der Waals surface area contributed by atoms with Crippen LogP contribution < -0.4 is 5.32 Å². The molecule has 0 amide bonds. The zero-order valence-electron chi connectivity index (χ0n) is 9.00. The monoisotopic (exact) mass is 240 g/mol. The molecule has 0 aliphatic heterocycles. The molecule has 0 bridgehead atoms. The van der Waals surface area contributed by atoms with Crippen molar-refractivity contribution >= 4 is 17.3 Å². The van der Waals surface area contributed by atoms with Crippen LogP contribution in [0.4, 0.5) is 5.69 Å². The van der Waals surface area contributed by atoms with Gasteiger partial charge in [-0.1, -0.05) is 17.7 Å². The van der Waals surface area contributed by atoms with Crippen molar-refractivity contribution in [2.75, 3.05) is 7.05 Å². The maximum atomic E-state index is 10.7. The van der Waals surface area contributed by atoms with Gasteiger partial charge in [-0.05, 0) is 37.9 Å². The molecule has 0 radical (unpaired) electrons. The van der Waals surface area contributed by atoms with Crippen LogP contribution >= 0.6 is 11.6 Å². The molecule has 0 aromatic heterocycles. The molecule has 0 spiro atoms.